The van der Waals surface area contributed by atoms with Gasteiger partial charge in [-0.25, -0.2) is 4.39 Å². The molecule has 146 valence electrons. The van der Waals surface area contributed by atoms with Crippen LogP contribution in [0.2, 0.25) is 0 Å². The summed E-state index contributed by atoms with van der Waals surface area (Å²) in [6, 6.07) is 8.88. The third-order valence-corrected chi connectivity index (χ3v) is 4.61. The number of benzene rings is 2. The summed E-state index contributed by atoms with van der Waals surface area (Å²) in [5.74, 6) is -0.617. The lowest BCUT2D eigenvalue weighted by Crippen LogP contribution is -2.30. The lowest BCUT2D eigenvalue weighted by Gasteiger charge is -2.23. The number of nitrogens with one attached hydrogen (secondary N) is 1. The average molecular weight is 383 g/mol. The molecule has 0 aromatic heterocycles. The van der Waals surface area contributed by atoms with Crippen LogP contribution in [0.25, 0.3) is 11.1 Å². The maximum atomic E-state index is 14.4. The van der Waals surface area contributed by atoms with E-state index in [4.69, 9.17) is 4.74 Å². The molecule has 0 unspecified atom stereocenters. The maximum Gasteiger partial charge on any atom is 0.573 e. The Morgan fingerprint density at radius 1 is 1.07 bits per heavy atom. The summed E-state index contributed by atoms with van der Waals surface area (Å²) in [5.41, 5.74) is 1.20. The van der Waals surface area contributed by atoms with Gasteiger partial charge < -0.3 is 14.8 Å². The Morgan fingerprint density at radius 2 is 1.81 bits per heavy atom. The Kier molecular flexibility index (Phi) is 5.89. The zero-order valence-electron chi connectivity index (χ0n) is 14.9. The number of hydrogen-bond acceptors (Lipinski definition) is 3. The van der Waals surface area contributed by atoms with Crippen LogP contribution in [-0.4, -0.2) is 26.1 Å². The number of ether oxygens (including phenoxy) is 2. The van der Waals surface area contributed by atoms with Gasteiger partial charge in [-0.15, -0.1) is 13.2 Å². The van der Waals surface area contributed by atoms with Crippen LogP contribution in [0.15, 0.2) is 36.4 Å². The first kappa shape index (κ1) is 19.5. The molecular formula is C20H21F4NO2. The zero-order valence-corrected chi connectivity index (χ0v) is 14.9. The van der Waals surface area contributed by atoms with Gasteiger partial charge in [-0.2, -0.15) is 0 Å². The summed E-state index contributed by atoms with van der Waals surface area (Å²) >= 11 is 0. The van der Waals surface area contributed by atoms with E-state index in [9.17, 15) is 17.6 Å². The molecule has 0 aliphatic carbocycles. The van der Waals surface area contributed by atoms with Crippen LogP contribution in [0, 0.1) is 18.7 Å². The Balaban J connectivity index is 1.89. The predicted molar refractivity (Wildman–Crippen MR) is 94.3 cm³/mol. The van der Waals surface area contributed by atoms with E-state index in [1.165, 1.54) is 18.2 Å². The van der Waals surface area contributed by atoms with E-state index in [1.54, 1.807) is 25.1 Å². The molecule has 0 atom stereocenters. The molecule has 0 bridgehead atoms. The fourth-order valence-corrected chi connectivity index (χ4v) is 3.12. The van der Waals surface area contributed by atoms with Crippen molar-refractivity contribution in [3.8, 4) is 22.6 Å². The van der Waals surface area contributed by atoms with E-state index in [0.29, 0.717) is 16.7 Å². The lowest BCUT2D eigenvalue weighted by atomic mass is 9.99. The Bertz CT molecular complexity index is 786. The highest BCUT2D eigenvalue weighted by Crippen LogP contribution is 2.37. The van der Waals surface area contributed by atoms with Crippen LogP contribution >= 0.6 is 0 Å². The summed E-state index contributed by atoms with van der Waals surface area (Å²) in [6.45, 7) is 3.63. The molecule has 1 heterocycles. The van der Waals surface area contributed by atoms with Crippen molar-refractivity contribution < 1.29 is 27.0 Å². The highest BCUT2D eigenvalue weighted by molar-refractivity contribution is 5.68. The topological polar surface area (TPSA) is 30.5 Å². The molecule has 7 heteroatoms. The van der Waals surface area contributed by atoms with Crippen LogP contribution in [-0.2, 0) is 0 Å². The number of rotatable bonds is 5. The van der Waals surface area contributed by atoms with E-state index in [0.717, 1.165) is 25.9 Å². The second kappa shape index (κ2) is 8.17. The third kappa shape index (κ3) is 5.13. The average Bonchev–Trinajstić information content (AvgIpc) is 2.63. The van der Waals surface area contributed by atoms with E-state index in [-0.39, 0.29) is 18.3 Å². The number of aryl methyl sites for hydroxylation is 1. The van der Waals surface area contributed by atoms with Gasteiger partial charge in [-0.05, 0) is 62.0 Å². The van der Waals surface area contributed by atoms with Crippen LogP contribution < -0.4 is 14.8 Å². The summed E-state index contributed by atoms with van der Waals surface area (Å²) in [7, 11) is 0. The number of hydrogen-bond donors (Lipinski definition) is 1. The van der Waals surface area contributed by atoms with Gasteiger partial charge in [0.2, 0.25) is 0 Å². The molecule has 27 heavy (non-hydrogen) atoms. The molecule has 3 rings (SSSR count). The fraction of sp³-hybridized carbons (Fsp3) is 0.400. The van der Waals surface area contributed by atoms with Crippen molar-refractivity contribution in [1.29, 1.82) is 0 Å². The normalized spacial score (nSPS) is 15.6. The smallest absolute Gasteiger partial charge is 0.489 e. The molecule has 1 N–H and O–H groups in total. The van der Waals surface area contributed by atoms with E-state index < -0.39 is 17.9 Å². The van der Waals surface area contributed by atoms with Crippen molar-refractivity contribution in [3.63, 3.8) is 0 Å². The van der Waals surface area contributed by atoms with Gasteiger partial charge in [-0.1, -0.05) is 24.3 Å². The molecule has 1 saturated heterocycles. The minimum Gasteiger partial charge on any atom is -0.489 e. The number of halogens is 4. The molecule has 0 radical (unpaired) electrons. The van der Waals surface area contributed by atoms with Gasteiger partial charge >= 0.3 is 6.36 Å². The maximum absolute atomic E-state index is 14.4. The van der Waals surface area contributed by atoms with Crippen LogP contribution in [0.5, 0.6) is 11.5 Å². The van der Waals surface area contributed by atoms with E-state index in [1.807, 2.05) is 0 Å². The van der Waals surface area contributed by atoms with E-state index >= 15 is 0 Å². The van der Waals surface area contributed by atoms with Crippen molar-refractivity contribution >= 4 is 0 Å². The molecule has 0 amide bonds. The highest BCUT2D eigenvalue weighted by atomic mass is 19.4. The lowest BCUT2D eigenvalue weighted by molar-refractivity contribution is -0.275. The van der Waals surface area contributed by atoms with Crippen molar-refractivity contribution in [2.75, 3.05) is 19.7 Å². The van der Waals surface area contributed by atoms with Crippen LogP contribution in [0.4, 0.5) is 17.6 Å². The molecular weight excluding hydrogens is 362 g/mol. The largest absolute Gasteiger partial charge is 0.573 e. The quantitative estimate of drug-likeness (QED) is 0.731. The molecule has 2 aromatic carbocycles. The van der Waals surface area contributed by atoms with Crippen molar-refractivity contribution in [2.45, 2.75) is 26.1 Å². The fourth-order valence-electron chi connectivity index (χ4n) is 3.12. The molecule has 1 aliphatic heterocycles. The Morgan fingerprint density at radius 3 is 2.52 bits per heavy atom. The zero-order chi connectivity index (χ0) is 19.4. The van der Waals surface area contributed by atoms with Crippen molar-refractivity contribution in [3.05, 3.63) is 47.8 Å². The van der Waals surface area contributed by atoms with Crippen molar-refractivity contribution in [1.82, 2.24) is 5.32 Å². The van der Waals surface area contributed by atoms with Gasteiger partial charge in [0.25, 0.3) is 0 Å². The second-order valence-electron chi connectivity index (χ2n) is 6.65. The first-order valence-corrected chi connectivity index (χ1v) is 8.82. The summed E-state index contributed by atoms with van der Waals surface area (Å²) < 4.78 is 62.3. The standard InChI is InChI=1S/C20H21F4NO2/c1-13-3-2-4-16(19(13)21)15-5-6-17(27-20(22,23)24)18(11-15)26-12-14-7-9-25-10-8-14/h2-6,11,14,25H,7-10,12H2,1H3. The van der Waals surface area contributed by atoms with Gasteiger partial charge in [0.1, 0.15) is 5.82 Å². The first-order chi connectivity index (χ1) is 12.8. The highest BCUT2D eigenvalue weighted by Gasteiger charge is 2.32. The molecule has 0 spiro atoms. The minimum atomic E-state index is -4.83. The predicted octanol–water partition coefficient (Wildman–Crippen LogP) is 5.08. The monoisotopic (exact) mass is 383 g/mol. The molecule has 1 aliphatic rings. The molecule has 3 nitrogen and oxygen atoms in total. The van der Waals surface area contributed by atoms with Crippen LogP contribution in [0.3, 0.4) is 0 Å². The minimum absolute atomic E-state index is 0.0377. The van der Waals surface area contributed by atoms with Gasteiger partial charge in [0.05, 0.1) is 6.61 Å². The Hall–Kier alpha value is -2.28. The third-order valence-electron chi connectivity index (χ3n) is 4.61. The second-order valence-corrected chi connectivity index (χ2v) is 6.65. The molecule has 1 fully saturated rings. The van der Waals surface area contributed by atoms with Gasteiger partial charge in [0.15, 0.2) is 11.5 Å². The number of alkyl halides is 3. The van der Waals surface area contributed by atoms with Crippen LogP contribution in [0.1, 0.15) is 18.4 Å². The van der Waals surface area contributed by atoms with Crippen molar-refractivity contribution in [2.24, 2.45) is 5.92 Å². The molecule has 0 saturated carbocycles. The molecule has 2 aromatic rings. The first-order valence-electron chi connectivity index (χ1n) is 8.82. The van der Waals surface area contributed by atoms with Gasteiger partial charge in [0, 0.05) is 5.56 Å². The summed E-state index contributed by atoms with van der Waals surface area (Å²) in [6.07, 6.45) is -3.05. The summed E-state index contributed by atoms with van der Waals surface area (Å²) in [4.78, 5) is 0. The SMILES string of the molecule is Cc1cccc(-c2ccc(OC(F)(F)F)c(OCC3CCNCC3)c2)c1F. The van der Waals surface area contributed by atoms with Gasteiger partial charge in [-0.3, -0.25) is 0 Å². The Labute approximate surface area is 155 Å². The van der Waals surface area contributed by atoms with E-state index in [2.05, 4.69) is 10.1 Å². The number of piperidine rings is 1. The summed E-state index contributed by atoms with van der Waals surface area (Å²) in [5, 5.41) is 3.23.